The number of hydrogen-bond acceptors (Lipinski definition) is 8. The maximum atomic E-state index is 13.0. The maximum Gasteiger partial charge on any atom is 0.324 e. The van der Waals surface area contributed by atoms with Crippen molar-refractivity contribution < 1.29 is 14.3 Å². The van der Waals surface area contributed by atoms with Crippen molar-refractivity contribution in [3.8, 4) is 27.9 Å². The minimum atomic E-state index is -0.424. The highest BCUT2D eigenvalue weighted by Gasteiger charge is 2.24. The van der Waals surface area contributed by atoms with Crippen molar-refractivity contribution in [2.24, 2.45) is 5.92 Å². The standard InChI is InChI=1S/C34H34N8O3S/c1-21(2)15-25-17-30(42(40-25)27-11-8-22-5-3-6-24(22)16-27)39-32(44)38-26-18-35-33(36-19-26)45-28-12-9-23(10-13-28)29-20-37-34(46-29)41-14-4-7-31(41)43/h8-13,16-21H,3-7,14-15H2,1-2H3,(H2,38,39,44). The van der Waals surface area contributed by atoms with Crippen LogP contribution in [0.2, 0.25) is 0 Å². The number of carbonyl (C=O) groups is 2. The number of fused-ring (bicyclic) bond motifs is 1. The molecule has 0 spiro atoms. The summed E-state index contributed by atoms with van der Waals surface area (Å²) in [6.45, 7) is 5.02. The van der Waals surface area contributed by atoms with Crippen LogP contribution in [0.15, 0.2) is 67.1 Å². The van der Waals surface area contributed by atoms with Crippen molar-refractivity contribution in [3.05, 3.63) is 83.9 Å². The second-order valence-electron chi connectivity index (χ2n) is 12.0. The number of nitrogens with zero attached hydrogens (tertiary/aromatic N) is 6. The monoisotopic (exact) mass is 634 g/mol. The van der Waals surface area contributed by atoms with E-state index in [0.29, 0.717) is 29.6 Å². The number of aromatic nitrogens is 5. The van der Waals surface area contributed by atoms with E-state index in [9.17, 15) is 9.59 Å². The SMILES string of the molecule is CC(C)Cc1cc(NC(=O)Nc2cnc(Oc3ccc(-c4cnc(N5CCCC5=O)s4)cc3)nc2)n(-c2ccc3c(c2)CCC3)n1. The lowest BCUT2D eigenvalue weighted by atomic mass is 10.1. The molecule has 7 rings (SSSR count). The van der Waals surface area contributed by atoms with Crippen LogP contribution in [0.3, 0.4) is 0 Å². The van der Waals surface area contributed by atoms with E-state index < -0.39 is 6.03 Å². The Morgan fingerprint density at radius 3 is 2.50 bits per heavy atom. The highest BCUT2D eigenvalue weighted by Crippen LogP contribution is 2.34. The van der Waals surface area contributed by atoms with E-state index in [0.717, 1.165) is 59.2 Å². The van der Waals surface area contributed by atoms with Crippen molar-refractivity contribution in [1.29, 1.82) is 0 Å². The zero-order valence-electron chi connectivity index (χ0n) is 25.7. The number of hydrogen-bond donors (Lipinski definition) is 2. The average molecular weight is 635 g/mol. The van der Waals surface area contributed by atoms with Gasteiger partial charge in [0.25, 0.3) is 0 Å². The molecular formula is C34H34N8O3S. The zero-order valence-corrected chi connectivity index (χ0v) is 26.5. The van der Waals surface area contributed by atoms with E-state index in [1.807, 2.05) is 30.3 Å². The van der Waals surface area contributed by atoms with Crippen LogP contribution in [0.4, 0.5) is 21.4 Å². The van der Waals surface area contributed by atoms with Gasteiger partial charge in [-0.05, 0) is 91.1 Å². The fraction of sp³-hybridized carbons (Fsp3) is 0.294. The topological polar surface area (TPSA) is 127 Å². The normalized spacial score (nSPS) is 14.2. The molecule has 0 atom stereocenters. The molecule has 0 bridgehead atoms. The van der Waals surface area contributed by atoms with Crippen LogP contribution in [0.25, 0.3) is 16.1 Å². The lowest BCUT2D eigenvalue weighted by molar-refractivity contribution is -0.117. The third kappa shape index (κ3) is 6.47. The molecule has 5 aromatic rings. The number of anilines is 3. The molecule has 0 radical (unpaired) electrons. The fourth-order valence-corrected chi connectivity index (χ4v) is 6.77. The Morgan fingerprint density at radius 2 is 1.74 bits per heavy atom. The molecule has 0 saturated carbocycles. The van der Waals surface area contributed by atoms with Gasteiger partial charge in [-0.25, -0.2) is 24.4 Å². The summed E-state index contributed by atoms with van der Waals surface area (Å²) in [5.41, 5.74) is 5.97. The number of amides is 3. The van der Waals surface area contributed by atoms with E-state index in [2.05, 4.69) is 57.6 Å². The highest BCUT2D eigenvalue weighted by atomic mass is 32.1. The summed E-state index contributed by atoms with van der Waals surface area (Å²) in [6, 6.07) is 15.6. The highest BCUT2D eigenvalue weighted by molar-refractivity contribution is 7.19. The predicted molar refractivity (Wildman–Crippen MR) is 178 cm³/mol. The average Bonchev–Trinajstić information content (AvgIpc) is 3.85. The van der Waals surface area contributed by atoms with Crippen molar-refractivity contribution in [2.75, 3.05) is 22.1 Å². The summed E-state index contributed by atoms with van der Waals surface area (Å²) >= 11 is 1.49. The number of ether oxygens (including phenoxy) is 1. The van der Waals surface area contributed by atoms with Crippen LogP contribution in [-0.4, -0.2) is 43.2 Å². The Labute approximate surface area is 270 Å². The van der Waals surface area contributed by atoms with Gasteiger partial charge in [0.05, 0.1) is 34.3 Å². The minimum absolute atomic E-state index is 0.125. The van der Waals surface area contributed by atoms with Gasteiger partial charge in [-0.3, -0.25) is 15.0 Å². The molecule has 2 aromatic carbocycles. The van der Waals surface area contributed by atoms with Crippen LogP contribution in [0, 0.1) is 5.92 Å². The maximum absolute atomic E-state index is 13.0. The van der Waals surface area contributed by atoms with Gasteiger partial charge in [0.15, 0.2) is 5.13 Å². The van der Waals surface area contributed by atoms with Crippen LogP contribution in [0.5, 0.6) is 11.8 Å². The lowest BCUT2D eigenvalue weighted by Crippen LogP contribution is -2.23. The second kappa shape index (κ2) is 12.7. The smallest absolute Gasteiger partial charge is 0.324 e. The first-order chi connectivity index (χ1) is 22.4. The molecule has 1 fully saturated rings. The van der Waals surface area contributed by atoms with E-state index in [1.54, 1.807) is 15.8 Å². The van der Waals surface area contributed by atoms with Crippen molar-refractivity contribution >= 4 is 39.9 Å². The first-order valence-electron chi connectivity index (χ1n) is 15.5. The first kappa shape index (κ1) is 29.6. The zero-order chi connectivity index (χ0) is 31.6. The van der Waals surface area contributed by atoms with Gasteiger partial charge < -0.3 is 10.1 Å². The number of carbonyl (C=O) groups excluding carboxylic acids is 2. The Balaban J connectivity index is 0.982. The number of nitrogens with one attached hydrogen (secondary N) is 2. The van der Waals surface area contributed by atoms with Gasteiger partial charge in [0.2, 0.25) is 5.91 Å². The molecule has 1 aliphatic heterocycles. The van der Waals surface area contributed by atoms with Gasteiger partial charge in [0, 0.05) is 25.2 Å². The molecule has 2 aliphatic rings. The van der Waals surface area contributed by atoms with Gasteiger partial charge in [-0.2, -0.15) is 5.10 Å². The van der Waals surface area contributed by atoms with E-state index in [4.69, 9.17) is 9.84 Å². The molecule has 4 heterocycles. The minimum Gasteiger partial charge on any atom is -0.424 e. The Hall–Kier alpha value is -5.10. The number of urea groups is 1. The molecule has 11 nitrogen and oxygen atoms in total. The largest absolute Gasteiger partial charge is 0.424 e. The van der Waals surface area contributed by atoms with Crippen LogP contribution in [0.1, 0.15) is 49.9 Å². The Morgan fingerprint density at radius 1 is 0.935 bits per heavy atom. The quantitative estimate of drug-likeness (QED) is 0.178. The van der Waals surface area contributed by atoms with Gasteiger partial charge in [0.1, 0.15) is 11.6 Å². The van der Waals surface area contributed by atoms with E-state index >= 15 is 0 Å². The lowest BCUT2D eigenvalue weighted by Gasteiger charge is -2.11. The molecular weight excluding hydrogens is 600 g/mol. The summed E-state index contributed by atoms with van der Waals surface area (Å²) in [5.74, 6) is 1.72. The molecule has 1 saturated heterocycles. The summed E-state index contributed by atoms with van der Waals surface area (Å²) in [4.78, 5) is 40.8. The molecule has 3 amide bonds. The van der Waals surface area contributed by atoms with Crippen molar-refractivity contribution in [1.82, 2.24) is 24.7 Å². The van der Waals surface area contributed by atoms with Crippen LogP contribution in [-0.2, 0) is 24.1 Å². The Kier molecular flexibility index (Phi) is 8.18. The molecule has 3 aromatic heterocycles. The van der Waals surface area contributed by atoms with Crippen LogP contribution >= 0.6 is 11.3 Å². The molecule has 2 N–H and O–H groups in total. The first-order valence-corrected chi connectivity index (χ1v) is 16.4. The van der Waals surface area contributed by atoms with Crippen LogP contribution < -0.4 is 20.3 Å². The molecule has 46 heavy (non-hydrogen) atoms. The molecule has 12 heteroatoms. The molecule has 0 unspecified atom stereocenters. The summed E-state index contributed by atoms with van der Waals surface area (Å²) in [5, 5.41) is 11.3. The van der Waals surface area contributed by atoms with Crippen molar-refractivity contribution in [2.45, 2.75) is 52.4 Å². The fourth-order valence-electron chi connectivity index (χ4n) is 5.80. The molecule has 1 aliphatic carbocycles. The number of benzene rings is 2. The molecule has 234 valence electrons. The van der Waals surface area contributed by atoms with Gasteiger partial charge in [-0.1, -0.05) is 31.3 Å². The number of aryl methyl sites for hydroxylation is 2. The summed E-state index contributed by atoms with van der Waals surface area (Å²) < 4.78 is 7.63. The third-order valence-electron chi connectivity index (χ3n) is 7.98. The second-order valence-corrected chi connectivity index (χ2v) is 13.0. The van der Waals surface area contributed by atoms with Crippen molar-refractivity contribution in [3.63, 3.8) is 0 Å². The number of thiazole rings is 1. The summed E-state index contributed by atoms with van der Waals surface area (Å²) in [6.07, 6.45) is 10.4. The van der Waals surface area contributed by atoms with E-state index in [1.165, 1.54) is 41.3 Å². The Bertz CT molecular complexity index is 1880. The summed E-state index contributed by atoms with van der Waals surface area (Å²) in [7, 11) is 0. The number of rotatable bonds is 9. The van der Waals surface area contributed by atoms with Gasteiger partial charge >= 0.3 is 12.0 Å². The predicted octanol–water partition coefficient (Wildman–Crippen LogP) is 7.04. The van der Waals surface area contributed by atoms with E-state index in [-0.39, 0.29) is 11.9 Å². The van der Waals surface area contributed by atoms with Gasteiger partial charge in [-0.15, -0.1) is 0 Å². The third-order valence-corrected chi connectivity index (χ3v) is 9.05.